The topological polar surface area (TPSA) is 257 Å². The molecule has 0 saturated carbocycles. The smallest absolute Gasteiger partial charge is 0.744 e. The van der Waals surface area contributed by atoms with Crippen LogP contribution in [0.3, 0.4) is 0 Å². The Kier molecular flexibility index (Phi) is 12.9. The third-order valence-corrected chi connectivity index (χ3v) is 8.47. The molecule has 21 heteroatoms. The maximum Gasteiger partial charge on any atom is 1.00 e. The van der Waals surface area contributed by atoms with Crippen molar-refractivity contribution >= 4 is 62.6 Å². The van der Waals surface area contributed by atoms with Gasteiger partial charge in [-0.2, -0.15) is 13.5 Å². The summed E-state index contributed by atoms with van der Waals surface area (Å²) in [6, 6.07) is 7.68. The minimum absolute atomic E-state index is 0. The van der Waals surface area contributed by atoms with Gasteiger partial charge in [0.1, 0.15) is 25.9 Å². The van der Waals surface area contributed by atoms with Crippen molar-refractivity contribution in [1.29, 1.82) is 0 Å². The number of phenols is 1. The molecule has 0 spiro atoms. The van der Waals surface area contributed by atoms with Gasteiger partial charge in [-0.3, -0.25) is 4.55 Å². The Hall–Kier alpha value is -0.404. The molecule has 0 fully saturated rings. The molecule has 0 unspecified atom stereocenters. The summed E-state index contributed by atoms with van der Waals surface area (Å²) in [7, 11) is -19.1. The Morgan fingerprint density at radius 3 is 1.87 bits per heavy atom. The second-order valence-electron chi connectivity index (χ2n) is 7.13. The number of nitrogens with zero attached hydrogens (tertiary/aromatic N) is 2. The standard InChI is InChI=1S/C18H16N2O13S4.K.Na/c21-18-15-6-5-14(35(24,25)26)9-11(15)10-16(36(27,28)29)17(18)20-19-12-1-3-13(4-2-12)34(22,23)8-7-33-37(30,31)32;;/h1-6,9-10,21H,7-8H2,(H,24,25,26)(H,27,28,29)(H,30,31,32);;/q;2*+1/p-2. The number of fused-ring (bicyclic) bond motifs is 1. The van der Waals surface area contributed by atoms with E-state index in [0.29, 0.717) is 6.07 Å². The number of hydrogen-bond donors (Lipinski definition) is 2. The molecule has 3 aromatic rings. The van der Waals surface area contributed by atoms with Gasteiger partial charge < -0.3 is 14.2 Å². The van der Waals surface area contributed by atoms with Crippen LogP contribution in [0.1, 0.15) is 0 Å². The van der Waals surface area contributed by atoms with Gasteiger partial charge in [0.05, 0.1) is 32.7 Å². The normalized spacial score (nSPS) is 12.7. The summed E-state index contributed by atoms with van der Waals surface area (Å²) in [5.41, 5.74) is -0.853. The van der Waals surface area contributed by atoms with E-state index >= 15 is 0 Å². The van der Waals surface area contributed by atoms with Crippen molar-refractivity contribution in [1.82, 2.24) is 0 Å². The van der Waals surface area contributed by atoms with Gasteiger partial charge in [-0.15, -0.1) is 5.11 Å². The molecule has 0 heterocycles. The minimum Gasteiger partial charge on any atom is -0.744 e. The monoisotopic (exact) mass is 656 g/mol. The van der Waals surface area contributed by atoms with E-state index in [0.717, 1.165) is 42.5 Å². The van der Waals surface area contributed by atoms with Gasteiger partial charge in [-0.05, 0) is 53.9 Å². The van der Waals surface area contributed by atoms with E-state index in [4.69, 9.17) is 4.55 Å². The van der Waals surface area contributed by atoms with E-state index in [1.807, 2.05) is 0 Å². The van der Waals surface area contributed by atoms with Crippen LogP contribution < -0.4 is 80.9 Å². The molecule has 0 aliphatic rings. The van der Waals surface area contributed by atoms with Crippen molar-refractivity contribution in [2.75, 3.05) is 12.4 Å². The van der Waals surface area contributed by atoms with Gasteiger partial charge in [-0.25, -0.2) is 29.4 Å². The van der Waals surface area contributed by atoms with E-state index in [1.165, 1.54) is 0 Å². The van der Waals surface area contributed by atoms with Crippen LogP contribution in [-0.4, -0.2) is 64.8 Å². The summed E-state index contributed by atoms with van der Waals surface area (Å²) in [4.78, 5) is -2.09. The first-order chi connectivity index (χ1) is 16.9. The van der Waals surface area contributed by atoms with Crippen LogP contribution >= 0.6 is 0 Å². The van der Waals surface area contributed by atoms with E-state index < -0.39 is 74.1 Å². The third-order valence-electron chi connectivity index (χ3n) is 4.63. The van der Waals surface area contributed by atoms with Crippen molar-refractivity contribution in [3.05, 3.63) is 48.5 Å². The number of sulfone groups is 1. The maximum absolute atomic E-state index is 12.2. The number of phenolic OH excluding ortho intramolecular Hbond substituents is 1. The zero-order valence-corrected chi connectivity index (χ0v) is 28.3. The molecule has 0 bridgehead atoms. The Morgan fingerprint density at radius 2 is 1.36 bits per heavy atom. The molecule has 0 atom stereocenters. The molecule has 0 aliphatic carbocycles. The van der Waals surface area contributed by atoms with Crippen LogP contribution in [-0.2, 0) is 44.7 Å². The quantitative estimate of drug-likeness (QED) is 0.125. The van der Waals surface area contributed by atoms with Crippen molar-refractivity contribution in [2.45, 2.75) is 14.7 Å². The minimum atomic E-state index is -5.29. The largest absolute Gasteiger partial charge is 1.00 e. The molecule has 0 radical (unpaired) electrons. The molecule has 15 nitrogen and oxygen atoms in total. The number of aromatic hydroxyl groups is 1. The molecular weight excluding hydrogens is 643 g/mol. The molecular formula is C18H14KN2NaO13S4. The first-order valence-electron chi connectivity index (χ1n) is 9.46. The molecule has 200 valence electrons. The van der Waals surface area contributed by atoms with Crippen molar-refractivity contribution < 1.29 is 138 Å². The van der Waals surface area contributed by atoms with Crippen LogP contribution in [0.4, 0.5) is 11.4 Å². The van der Waals surface area contributed by atoms with E-state index in [-0.39, 0.29) is 102 Å². The van der Waals surface area contributed by atoms with E-state index in [1.54, 1.807) is 0 Å². The van der Waals surface area contributed by atoms with Gasteiger partial charge in [0.15, 0.2) is 15.6 Å². The molecule has 0 aromatic heterocycles. The summed E-state index contributed by atoms with van der Waals surface area (Å²) >= 11 is 0. The summed E-state index contributed by atoms with van der Waals surface area (Å²) in [5, 5.41) is 17.4. The summed E-state index contributed by atoms with van der Waals surface area (Å²) < 4.78 is 127. The predicted molar refractivity (Wildman–Crippen MR) is 122 cm³/mol. The van der Waals surface area contributed by atoms with Gasteiger partial charge in [0.2, 0.25) is 0 Å². The number of azo groups is 1. The summed E-state index contributed by atoms with van der Waals surface area (Å²) in [6.07, 6.45) is 0. The maximum atomic E-state index is 12.2. The first kappa shape index (κ1) is 36.6. The Labute approximate surface area is 287 Å². The SMILES string of the molecule is O=S(=O)(O)OCCS(=O)(=O)c1ccc(N=Nc2c(S(=O)(=O)[O-])cc3cc(S(=O)(=O)[O-])ccc3c2O)cc1.[K+].[Na+]. The fourth-order valence-corrected chi connectivity index (χ4v) is 5.61. The predicted octanol–water partition coefficient (Wildman–Crippen LogP) is -4.63. The summed E-state index contributed by atoms with van der Waals surface area (Å²) in [6.45, 7) is -0.849. The van der Waals surface area contributed by atoms with Crippen LogP contribution in [0.25, 0.3) is 10.8 Å². The molecule has 3 aromatic carbocycles. The summed E-state index contributed by atoms with van der Waals surface area (Å²) in [5.74, 6) is -1.65. The Balaban J connectivity index is 0.00000380. The zero-order chi connectivity index (χ0) is 27.8. The molecule has 0 amide bonds. The molecule has 0 saturated heterocycles. The van der Waals surface area contributed by atoms with Crippen molar-refractivity contribution in [2.24, 2.45) is 10.2 Å². The fourth-order valence-electron chi connectivity index (χ4n) is 2.97. The Morgan fingerprint density at radius 1 is 0.795 bits per heavy atom. The average molecular weight is 657 g/mol. The van der Waals surface area contributed by atoms with Crippen LogP contribution in [0, 0.1) is 0 Å². The van der Waals surface area contributed by atoms with Gasteiger partial charge in [0, 0.05) is 5.39 Å². The van der Waals surface area contributed by atoms with Gasteiger partial charge in [0.25, 0.3) is 0 Å². The van der Waals surface area contributed by atoms with Crippen LogP contribution in [0.15, 0.2) is 73.4 Å². The van der Waals surface area contributed by atoms with Crippen LogP contribution in [0.5, 0.6) is 5.75 Å². The zero-order valence-electron chi connectivity index (χ0n) is 19.9. The Bertz CT molecular complexity index is 1840. The second kappa shape index (κ2) is 13.7. The van der Waals surface area contributed by atoms with Gasteiger partial charge >= 0.3 is 91.3 Å². The van der Waals surface area contributed by atoms with Gasteiger partial charge in [-0.1, -0.05) is 0 Å². The number of benzene rings is 3. The van der Waals surface area contributed by atoms with E-state index in [2.05, 4.69) is 14.4 Å². The molecule has 0 aliphatic heterocycles. The third kappa shape index (κ3) is 9.84. The molecule has 39 heavy (non-hydrogen) atoms. The fraction of sp³-hybridized carbons (Fsp3) is 0.111. The van der Waals surface area contributed by atoms with Crippen molar-refractivity contribution in [3.63, 3.8) is 0 Å². The molecule has 3 rings (SSSR count). The second-order valence-corrected chi connectivity index (χ2v) is 13.1. The average Bonchev–Trinajstić information content (AvgIpc) is 2.76. The first-order valence-corrected chi connectivity index (χ1v) is 15.3. The van der Waals surface area contributed by atoms with E-state index in [9.17, 15) is 47.9 Å². The number of rotatable bonds is 9. The number of hydrogen-bond acceptors (Lipinski definition) is 14. The van der Waals surface area contributed by atoms with Crippen LogP contribution in [0.2, 0.25) is 0 Å². The molecule has 2 N–H and O–H groups in total. The van der Waals surface area contributed by atoms with Crippen molar-refractivity contribution in [3.8, 4) is 5.75 Å².